The van der Waals surface area contributed by atoms with Gasteiger partial charge in [-0.1, -0.05) is 0 Å². The highest BCUT2D eigenvalue weighted by Crippen LogP contribution is 2.38. The van der Waals surface area contributed by atoms with Crippen molar-refractivity contribution in [2.75, 3.05) is 13.7 Å². The fourth-order valence-electron chi connectivity index (χ4n) is 3.09. The summed E-state index contributed by atoms with van der Waals surface area (Å²) in [6, 6.07) is 0.483. The van der Waals surface area contributed by atoms with Crippen LogP contribution in [0, 0.1) is 12.8 Å². The van der Waals surface area contributed by atoms with Gasteiger partial charge in [-0.3, -0.25) is 0 Å². The van der Waals surface area contributed by atoms with E-state index in [2.05, 4.69) is 10.4 Å². The van der Waals surface area contributed by atoms with Crippen molar-refractivity contribution in [3.63, 3.8) is 0 Å². The molecule has 2 unspecified atom stereocenters. The van der Waals surface area contributed by atoms with E-state index in [0.717, 1.165) is 42.6 Å². The summed E-state index contributed by atoms with van der Waals surface area (Å²) in [7, 11) is 3.62. The lowest BCUT2D eigenvalue weighted by Gasteiger charge is -2.19. The van der Waals surface area contributed by atoms with Crippen molar-refractivity contribution in [1.82, 2.24) is 15.1 Å². The molecule has 1 saturated heterocycles. The third-order valence-corrected chi connectivity index (χ3v) is 4.25. The van der Waals surface area contributed by atoms with E-state index in [1.807, 2.05) is 14.0 Å². The van der Waals surface area contributed by atoms with E-state index in [4.69, 9.17) is 9.47 Å². The summed E-state index contributed by atoms with van der Waals surface area (Å²) in [6.45, 7) is 3.73. The van der Waals surface area contributed by atoms with Gasteiger partial charge in [-0.2, -0.15) is 5.10 Å². The fraction of sp³-hybridized carbons (Fsp3) is 0.786. The lowest BCUT2D eigenvalue weighted by molar-refractivity contribution is 0.0808. The molecule has 0 amide bonds. The molecule has 1 aromatic rings. The van der Waals surface area contributed by atoms with Crippen LogP contribution >= 0.6 is 0 Å². The van der Waals surface area contributed by atoms with Crippen LogP contribution in [0.2, 0.25) is 0 Å². The summed E-state index contributed by atoms with van der Waals surface area (Å²) in [5.41, 5.74) is 2.19. The molecule has 19 heavy (non-hydrogen) atoms. The van der Waals surface area contributed by atoms with Crippen molar-refractivity contribution in [3.8, 4) is 5.88 Å². The number of methoxy groups -OCH3 is 1. The van der Waals surface area contributed by atoms with Crippen LogP contribution in [0.1, 0.15) is 30.5 Å². The largest absolute Gasteiger partial charge is 0.481 e. The number of hydrogen-bond acceptors (Lipinski definition) is 4. The number of hydrogen-bond donors (Lipinski definition) is 1. The number of rotatable bonds is 5. The second kappa shape index (κ2) is 5.13. The maximum absolute atomic E-state index is 5.86. The summed E-state index contributed by atoms with van der Waals surface area (Å²) in [5.74, 6) is 1.64. The number of aryl methyl sites for hydroxylation is 2. The zero-order valence-electron chi connectivity index (χ0n) is 12.0. The molecule has 1 N–H and O–H groups in total. The summed E-state index contributed by atoms with van der Waals surface area (Å²) < 4.78 is 13.1. The molecule has 0 bridgehead atoms. The first-order valence-electron chi connectivity index (χ1n) is 7.12. The Bertz CT molecular complexity index is 454. The van der Waals surface area contributed by atoms with Gasteiger partial charge >= 0.3 is 0 Å². The van der Waals surface area contributed by atoms with Gasteiger partial charge in [0.2, 0.25) is 5.88 Å². The molecular weight excluding hydrogens is 242 g/mol. The summed E-state index contributed by atoms with van der Waals surface area (Å²) in [6.07, 6.45) is 4.20. The van der Waals surface area contributed by atoms with Crippen molar-refractivity contribution >= 4 is 0 Å². The monoisotopic (exact) mass is 265 g/mol. The first kappa shape index (κ1) is 12.9. The predicted octanol–water partition coefficient (Wildman–Crippen LogP) is 1.39. The van der Waals surface area contributed by atoms with Gasteiger partial charge in [0, 0.05) is 26.2 Å². The topological polar surface area (TPSA) is 48.3 Å². The Kier molecular flexibility index (Phi) is 3.50. The Balaban J connectivity index is 1.65. The Morgan fingerprint density at radius 3 is 2.89 bits per heavy atom. The van der Waals surface area contributed by atoms with Gasteiger partial charge < -0.3 is 14.8 Å². The minimum atomic E-state index is 0.419. The smallest absolute Gasteiger partial charge is 0.216 e. The molecule has 2 aliphatic rings. The molecule has 5 nitrogen and oxygen atoms in total. The highest BCUT2D eigenvalue weighted by Gasteiger charge is 2.40. The molecule has 5 heteroatoms. The van der Waals surface area contributed by atoms with Crippen molar-refractivity contribution < 1.29 is 9.47 Å². The second-order valence-corrected chi connectivity index (χ2v) is 5.65. The van der Waals surface area contributed by atoms with Crippen LogP contribution in [-0.4, -0.2) is 35.6 Å². The summed E-state index contributed by atoms with van der Waals surface area (Å²) in [4.78, 5) is 0. The molecule has 0 radical (unpaired) electrons. The molecule has 1 aliphatic carbocycles. The molecule has 2 fully saturated rings. The minimum absolute atomic E-state index is 0.419. The van der Waals surface area contributed by atoms with Gasteiger partial charge in [0.1, 0.15) is 0 Å². The van der Waals surface area contributed by atoms with Crippen LogP contribution in [0.15, 0.2) is 0 Å². The highest BCUT2D eigenvalue weighted by molar-refractivity contribution is 5.30. The molecular formula is C14H23N3O2. The number of nitrogens with zero attached hydrogens (tertiary/aromatic N) is 2. The minimum Gasteiger partial charge on any atom is -0.481 e. The molecule has 1 aliphatic heterocycles. The Morgan fingerprint density at radius 2 is 2.21 bits per heavy atom. The van der Waals surface area contributed by atoms with E-state index in [1.54, 1.807) is 11.8 Å². The third kappa shape index (κ3) is 2.49. The average molecular weight is 265 g/mol. The Hall–Kier alpha value is -1.07. The van der Waals surface area contributed by atoms with Crippen molar-refractivity contribution in [3.05, 3.63) is 11.3 Å². The van der Waals surface area contributed by atoms with E-state index < -0.39 is 0 Å². The number of nitrogens with one attached hydrogen (secondary N) is 1. The van der Waals surface area contributed by atoms with Crippen molar-refractivity contribution in [2.45, 2.75) is 44.9 Å². The maximum Gasteiger partial charge on any atom is 0.216 e. The zero-order chi connectivity index (χ0) is 13.4. The van der Waals surface area contributed by atoms with Gasteiger partial charge in [-0.15, -0.1) is 0 Å². The van der Waals surface area contributed by atoms with Gasteiger partial charge in [0.05, 0.1) is 24.5 Å². The van der Waals surface area contributed by atoms with Crippen molar-refractivity contribution in [1.29, 1.82) is 0 Å². The van der Waals surface area contributed by atoms with Crippen LogP contribution in [-0.2, 0) is 18.3 Å². The SMILES string of the molecule is COc1c(CNC2CCOC2C2CC2)c(C)nn1C. The standard InChI is InChI=1S/C14H23N3O2/c1-9-11(14(18-3)17(2)16-9)8-15-12-6-7-19-13(12)10-4-5-10/h10,12-13,15H,4-8H2,1-3H3. The molecule has 2 atom stereocenters. The normalized spacial score (nSPS) is 26.9. The van der Waals surface area contributed by atoms with Crippen LogP contribution in [0.4, 0.5) is 0 Å². The van der Waals surface area contributed by atoms with Crippen LogP contribution in [0.25, 0.3) is 0 Å². The summed E-state index contributed by atoms with van der Waals surface area (Å²) >= 11 is 0. The van der Waals surface area contributed by atoms with E-state index in [1.165, 1.54) is 12.8 Å². The molecule has 1 aromatic heterocycles. The van der Waals surface area contributed by atoms with E-state index in [0.29, 0.717) is 12.1 Å². The average Bonchev–Trinajstić information content (AvgIpc) is 3.06. The highest BCUT2D eigenvalue weighted by atomic mass is 16.5. The number of aromatic nitrogens is 2. The predicted molar refractivity (Wildman–Crippen MR) is 72.2 cm³/mol. The number of ether oxygens (including phenoxy) is 2. The van der Waals surface area contributed by atoms with Crippen LogP contribution in [0.3, 0.4) is 0 Å². The maximum atomic E-state index is 5.86. The van der Waals surface area contributed by atoms with Gasteiger partial charge in [-0.25, -0.2) is 4.68 Å². The molecule has 2 heterocycles. The van der Waals surface area contributed by atoms with Gasteiger partial charge in [0.15, 0.2) is 0 Å². The first-order valence-corrected chi connectivity index (χ1v) is 7.12. The van der Waals surface area contributed by atoms with Gasteiger partial charge in [-0.05, 0) is 32.1 Å². The van der Waals surface area contributed by atoms with Gasteiger partial charge in [0.25, 0.3) is 0 Å². The molecule has 0 aromatic carbocycles. The summed E-state index contributed by atoms with van der Waals surface area (Å²) in [5, 5.41) is 8.05. The van der Waals surface area contributed by atoms with Crippen LogP contribution in [0.5, 0.6) is 5.88 Å². The van der Waals surface area contributed by atoms with E-state index in [-0.39, 0.29) is 0 Å². The molecule has 106 valence electrons. The zero-order valence-corrected chi connectivity index (χ0v) is 12.0. The molecule has 1 saturated carbocycles. The van der Waals surface area contributed by atoms with Crippen molar-refractivity contribution in [2.24, 2.45) is 13.0 Å². The molecule has 0 spiro atoms. The first-order chi connectivity index (χ1) is 9.20. The molecule has 3 rings (SSSR count). The third-order valence-electron chi connectivity index (χ3n) is 4.25. The fourth-order valence-corrected chi connectivity index (χ4v) is 3.09. The van der Waals surface area contributed by atoms with E-state index in [9.17, 15) is 0 Å². The van der Waals surface area contributed by atoms with E-state index >= 15 is 0 Å². The Morgan fingerprint density at radius 1 is 1.42 bits per heavy atom. The van der Waals surface area contributed by atoms with Crippen LogP contribution < -0.4 is 10.1 Å². The quantitative estimate of drug-likeness (QED) is 0.874. The second-order valence-electron chi connectivity index (χ2n) is 5.65. The lowest BCUT2D eigenvalue weighted by Crippen LogP contribution is -2.37. The Labute approximate surface area is 114 Å². The lowest BCUT2D eigenvalue weighted by atomic mass is 10.1.